The summed E-state index contributed by atoms with van der Waals surface area (Å²) in [5, 5.41) is 12.4. The lowest BCUT2D eigenvalue weighted by molar-refractivity contribution is -0.178. The molecule has 0 amide bonds. The molecule has 0 spiro atoms. The van der Waals surface area contributed by atoms with Crippen LogP contribution in [0.1, 0.15) is 119 Å². The van der Waals surface area contributed by atoms with Gasteiger partial charge in [0, 0.05) is 18.4 Å². The van der Waals surface area contributed by atoms with Crippen LogP contribution in [0.5, 0.6) is 11.5 Å². The minimum Gasteiger partial charge on any atom is -0.506 e. The largest absolute Gasteiger partial charge is 0.506 e. The highest BCUT2D eigenvalue weighted by molar-refractivity contribution is 6.41. The topological polar surface area (TPSA) is 127 Å². The SMILES string of the molecule is CC(C)=CCC[C@]1(C)[C@@H](CC=C(C)C)C[C@@]2(CC=C(C)C)C(=O)C(=C(O)c3ccc(OCCC4OCCO4)c(OCCC4OCCO4)c3)C(=O)[C@]1(CC=C(C)C)C2=O. The van der Waals surface area contributed by atoms with Gasteiger partial charge in [-0.2, -0.15) is 0 Å². The molecule has 1 N–H and O–H groups in total. The van der Waals surface area contributed by atoms with Crippen molar-refractivity contribution in [2.45, 2.75) is 126 Å². The summed E-state index contributed by atoms with van der Waals surface area (Å²) in [6.07, 6.45) is 10.8. The lowest BCUT2D eigenvalue weighted by Gasteiger charge is -2.61. The minimum atomic E-state index is -1.61. The van der Waals surface area contributed by atoms with Crippen molar-refractivity contribution in [1.29, 1.82) is 0 Å². The number of benzene rings is 1. The summed E-state index contributed by atoms with van der Waals surface area (Å²) in [6, 6.07) is 4.89. The average molecular weight is 803 g/mol. The first kappa shape index (κ1) is 45.3. The molecule has 2 heterocycles. The number of ether oxygens (including phenoxy) is 6. The minimum absolute atomic E-state index is 0.130. The van der Waals surface area contributed by atoms with Gasteiger partial charge in [0.15, 0.2) is 41.4 Å². The van der Waals surface area contributed by atoms with Gasteiger partial charge in [0.1, 0.15) is 16.7 Å². The van der Waals surface area contributed by atoms with Gasteiger partial charge in [-0.3, -0.25) is 14.4 Å². The number of aliphatic hydroxyl groups excluding tert-OH is 1. The van der Waals surface area contributed by atoms with Gasteiger partial charge < -0.3 is 33.5 Å². The van der Waals surface area contributed by atoms with E-state index in [0.29, 0.717) is 70.0 Å². The van der Waals surface area contributed by atoms with E-state index in [2.05, 4.69) is 19.1 Å². The van der Waals surface area contributed by atoms with E-state index in [1.165, 1.54) is 0 Å². The zero-order valence-electron chi connectivity index (χ0n) is 36.3. The van der Waals surface area contributed by atoms with E-state index in [-0.39, 0.29) is 61.6 Å². The van der Waals surface area contributed by atoms with Crippen LogP contribution in [0.15, 0.2) is 70.4 Å². The van der Waals surface area contributed by atoms with Crippen molar-refractivity contribution in [3.8, 4) is 11.5 Å². The number of carbonyl (C=O) groups is 3. The van der Waals surface area contributed by atoms with Gasteiger partial charge in [0.2, 0.25) is 0 Å². The van der Waals surface area contributed by atoms with Gasteiger partial charge in [0.05, 0.1) is 45.1 Å². The van der Waals surface area contributed by atoms with Crippen LogP contribution < -0.4 is 9.47 Å². The summed E-state index contributed by atoms with van der Waals surface area (Å²) < 4.78 is 34.7. The second-order valence-electron chi connectivity index (χ2n) is 17.6. The molecular formula is C48H66O10. The number of fused-ring (bicyclic) bond motifs is 2. The third-order valence-electron chi connectivity index (χ3n) is 12.3. The fourth-order valence-electron chi connectivity index (χ4n) is 9.02. The monoisotopic (exact) mass is 802 g/mol. The first-order valence-corrected chi connectivity index (χ1v) is 21.0. The molecule has 0 aromatic heterocycles. The molecule has 1 aromatic rings. The molecule has 2 saturated heterocycles. The quantitative estimate of drug-likeness (QED) is 0.0504. The summed E-state index contributed by atoms with van der Waals surface area (Å²) in [6.45, 7) is 20.7. The Kier molecular flexibility index (Phi) is 15.2. The number of allylic oxidation sites excluding steroid dienone is 9. The number of rotatable bonds is 18. The van der Waals surface area contributed by atoms with Gasteiger partial charge in [-0.25, -0.2) is 0 Å². The van der Waals surface area contributed by atoms with Crippen molar-refractivity contribution in [1.82, 2.24) is 0 Å². The van der Waals surface area contributed by atoms with Crippen molar-refractivity contribution >= 4 is 23.1 Å². The highest BCUT2D eigenvalue weighted by Gasteiger charge is 2.74. The molecule has 58 heavy (non-hydrogen) atoms. The Bertz CT molecular complexity index is 1820. The van der Waals surface area contributed by atoms with Gasteiger partial charge in [-0.05, 0) is 123 Å². The molecule has 10 heteroatoms. The number of hydrogen-bond acceptors (Lipinski definition) is 10. The molecular weight excluding hydrogens is 737 g/mol. The summed E-state index contributed by atoms with van der Waals surface area (Å²) in [5.41, 5.74) is 0.0975. The molecule has 4 atom stereocenters. The number of Topliss-reactive ketones (excluding diaryl/α,β-unsaturated/α-hetero) is 3. The lowest BCUT2D eigenvalue weighted by Crippen LogP contribution is -2.70. The van der Waals surface area contributed by atoms with E-state index in [0.717, 1.165) is 22.3 Å². The molecule has 4 fully saturated rings. The van der Waals surface area contributed by atoms with E-state index < -0.39 is 39.9 Å². The third kappa shape index (κ3) is 9.62. The first-order chi connectivity index (χ1) is 27.6. The predicted molar refractivity (Wildman–Crippen MR) is 225 cm³/mol. The molecule has 2 aliphatic heterocycles. The Balaban J connectivity index is 1.68. The van der Waals surface area contributed by atoms with Crippen LogP contribution in [-0.4, -0.2) is 74.7 Å². The van der Waals surface area contributed by atoms with Crippen molar-refractivity contribution in [3.63, 3.8) is 0 Å². The summed E-state index contributed by atoms with van der Waals surface area (Å²) in [7, 11) is 0. The number of carbonyl (C=O) groups excluding carboxylic acids is 3. The maximum atomic E-state index is 15.7. The smallest absolute Gasteiger partial charge is 0.184 e. The van der Waals surface area contributed by atoms with Crippen LogP contribution in [0.25, 0.3) is 5.76 Å². The molecule has 4 aliphatic rings. The van der Waals surface area contributed by atoms with Crippen LogP contribution in [0.2, 0.25) is 0 Å². The lowest BCUT2D eigenvalue weighted by atomic mass is 9.37. The van der Waals surface area contributed by atoms with Gasteiger partial charge in [-0.1, -0.05) is 53.5 Å². The maximum absolute atomic E-state index is 15.7. The molecule has 2 aliphatic carbocycles. The predicted octanol–water partition coefficient (Wildman–Crippen LogP) is 9.77. The molecule has 10 nitrogen and oxygen atoms in total. The molecule has 318 valence electrons. The zero-order valence-corrected chi connectivity index (χ0v) is 36.3. The van der Waals surface area contributed by atoms with E-state index in [9.17, 15) is 5.11 Å². The Morgan fingerprint density at radius 2 is 1.26 bits per heavy atom. The van der Waals surface area contributed by atoms with Crippen LogP contribution in [0.4, 0.5) is 0 Å². The Morgan fingerprint density at radius 3 is 1.81 bits per heavy atom. The molecule has 0 radical (unpaired) electrons. The second kappa shape index (κ2) is 19.5. The van der Waals surface area contributed by atoms with Gasteiger partial charge >= 0.3 is 0 Å². The summed E-state index contributed by atoms with van der Waals surface area (Å²) in [5.74, 6) is -1.45. The first-order valence-electron chi connectivity index (χ1n) is 21.0. The standard InChI is InChI=1S/C48H66O10/c1-31(2)11-10-20-46(9)36(14-12-32(3)4)30-47(21-16-33(5)6)43(50)41(44(51)48(46,45(47)52)22-17-34(7)8)42(49)35-13-15-37(53-23-18-39-55-25-26-56-39)38(29-35)54-24-19-40-57-27-28-58-40/h11-13,15-17,29,36,39-40,49H,10,14,18-28,30H2,1-9H3/t36-,46+,47-,48+/m0/s1. The molecule has 2 saturated carbocycles. The van der Waals surface area contributed by atoms with Crippen LogP contribution in [0, 0.1) is 22.2 Å². The summed E-state index contributed by atoms with van der Waals surface area (Å²) >= 11 is 0. The fraction of sp³-hybridized carbons (Fsp3) is 0.604. The summed E-state index contributed by atoms with van der Waals surface area (Å²) in [4.78, 5) is 46.6. The Hall–Kier alpha value is -3.83. The highest BCUT2D eigenvalue weighted by Crippen LogP contribution is 2.67. The number of aliphatic hydroxyl groups is 1. The Labute approximate surface area is 345 Å². The average Bonchev–Trinajstić information content (AvgIpc) is 3.89. The van der Waals surface area contributed by atoms with E-state index in [1.807, 2.05) is 67.5 Å². The van der Waals surface area contributed by atoms with Gasteiger partial charge in [0.25, 0.3) is 0 Å². The van der Waals surface area contributed by atoms with Crippen LogP contribution >= 0.6 is 0 Å². The van der Waals surface area contributed by atoms with E-state index in [4.69, 9.17) is 28.4 Å². The Morgan fingerprint density at radius 1 is 0.724 bits per heavy atom. The van der Waals surface area contributed by atoms with E-state index in [1.54, 1.807) is 18.2 Å². The highest BCUT2D eigenvalue weighted by atomic mass is 16.7. The zero-order chi connectivity index (χ0) is 42.3. The van der Waals surface area contributed by atoms with Crippen molar-refractivity contribution in [2.24, 2.45) is 22.2 Å². The number of ketones is 3. The van der Waals surface area contributed by atoms with Crippen LogP contribution in [-0.2, 0) is 33.3 Å². The fourth-order valence-corrected chi connectivity index (χ4v) is 9.02. The third-order valence-corrected chi connectivity index (χ3v) is 12.3. The van der Waals surface area contributed by atoms with Crippen molar-refractivity contribution in [2.75, 3.05) is 39.6 Å². The molecule has 1 aromatic carbocycles. The molecule has 5 rings (SSSR count). The normalized spacial score (nSPS) is 27.0. The second-order valence-corrected chi connectivity index (χ2v) is 17.6. The maximum Gasteiger partial charge on any atom is 0.184 e. The number of hydrogen-bond donors (Lipinski definition) is 1. The van der Waals surface area contributed by atoms with Gasteiger partial charge in [-0.15, -0.1) is 0 Å². The molecule has 0 unspecified atom stereocenters. The molecule has 2 bridgehead atoms. The van der Waals surface area contributed by atoms with E-state index >= 15 is 14.4 Å². The van der Waals surface area contributed by atoms with Crippen molar-refractivity contribution < 1.29 is 47.9 Å². The van der Waals surface area contributed by atoms with Crippen molar-refractivity contribution in [3.05, 3.63) is 75.9 Å². The van der Waals surface area contributed by atoms with Crippen LogP contribution in [0.3, 0.4) is 0 Å².